The molecule has 0 fully saturated rings. The van der Waals surface area contributed by atoms with E-state index in [-0.39, 0.29) is 22.5 Å². The lowest BCUT2D eigenvalue weighted by atomic mass is 10.2. The number of hydrogen-bond donors (Lipinski definition) is 2. The van der Waals surface area contributed by atoms with E-state index < -0.39 is 0 Å². The quantitative estimate of drug-likeness (QED) is 0.895. The number of aromatic amines is 1. The van der Waals surface area contributed by atoms with Crippen LogP contribution >= 0.6 is 11.6 Å². The third-order valence-electron chi connectivity index (χ3n) is 2.50. The highest BCUT2D eigenvalue weighted by molar-refractivity contribution is 6.33. The Labute approximate surface area is 115 Å². The fraction of sp³-hybridized carbons (Fsp3) is 0.333. The van der Waals surface area contributed by atoms with Crippen LogP contribution in [-0.2, 0) is 6.54 Å². The number of nitrogens with one attached hydrogen (secondary N) is 2. The molecule has 2 aromatic rings. The van der Waals surface area contributed by atoms with Gasteiger partial charge >= 0.3 is 0 Å². The number of carbonyl (C=O) groups excluding carboxylic acids is 1. The van der Waals surface area contributed by atoms with Crippen molar-refractivity contribution in [2.24, 2.45) is 0 Å². The number of rotatable bonds is 4. The third kappa shape index (κ3) is 3.29. The second kappa shape index (κ2) is 5.79. The standard InChI is InChI=1S/C12H14ClN5O/c1-7(2)11-14-6-9(13)10(18-11)12(19)15-3-8-4-16-17-5-8/h4-7H,3H2,1-2H3,(H,15,19)(H,16,17). The minimum absolute atomic E-state index is 0.137. The Morgan fingerprint density at radius 1 is 1.47 bits per heavy atom. The fourth-order valence-corrected chi connectivity index (χ4v) is 1.64. The minimum Gasteiger partial charge on any atom is -0.346 e. The molecule has 0 spiro atoms. The zero-order chi connectivity index (χ0) is 13.8. The number of hydrogen-bond acceptors (Lipinski definition) is 4. The van der Waals surface area contributed by atoms with E-state index in [2.05, 4.69) is 25.5 Å². The lowest BCUT2D eigenvalue weighted by Gasteiger charge is -2.08. The molecule has 0 radical (unpaired) electrons. The molecule has 2 heterocycles. The van der Waals surface area contributed by atoms with E-state index in [1.807, 2.05) is 13.8 Å². The van der Waals surface area contributed by atoms with E-state index in [0.717, 1.165) is 5.56 Å². The van der Waals surface area contributed by atoms with Crippen molar-refractivity contribution in [1.29, 1.82) is 0 Å². The molecule has 0 unspecified atom stereocenters. The molecule has 0 aliphatic rings. The summed E-state index contributed by atoms with van der Waals surface area (Å²) < 4.78 is 0. The number of H-pyrrole nitrogens is 1. The molecule has 0 bridgehead atoms. The second-order valence-electron chi connectivity index (χ2n) is 4.37. The van der Waals surface area contributed by atoms with E-state index in [0.29, 0.717) is 12.4 Å². The summed E-state index contributed by atoms with van der Waals surface area (Å²) >= 11 is 5.95. The maximum atomic E-state index is 12.0. The fourth-order valence-electron chi connectivity index (χ4n) is 1.46. The van der Waals surface area contributed by atoms with Gasteiger partial charge in [-0.05, 0) is 0 Å². The Morgan fingerprint density at radius 3 is 2.89 bits per heavy atom. The molecular weight excluding hydrogens is 266 g/mol. The van der Waals surface area contributed by atoms with Crippen molar-refractivity contribution in [3.05, 3.63) is 40.7 Å². The van der Waals surface area contributed by atoms with Crippen LogP contribution in [0.1, 0.15) is 41.6 Å². The predicted octanol–water partition coefficient (Wildman–Crippen LogP) is 1.91. The molecular formula is C12H14ClN5O. The smallest absolute Gasteiger partial charge is 0.271 e. The van der Waals surface area contributed by atoms with Crippen LogP contribution in [-0.4, -0.2) is 26.1 Å². The maximum Gasteiger partial charge on any atom is 0.271 e. The molecule has 2 N–H and O–H groups in total. The van der Waals surface area contributed by atoms with Crippen LogP contribution in [0.15, 0.2) is 18.6 Å². The summed E-state index contributed by atoms with van der Waals surface area (Å²) in [4.78, 5) is 20.3. The van der Waals surface area contributed by atoms with Crippen LogP contribution in [0.3, 0.4) is 0 Å². The number of carbonyl (C=O) groups is 1. The van der Waals surface area contributed by atoms with Crippen molar-refractivity contribution in [2.45, 2.75) is 26.3 Å². The lowest BCUT2D eigenvalue weighted by Crippen LogP contribution is -2.24. The van der Waals surface area contributed by atoms with Gasteiger partial charge in [-0.15, -0.1) is 0 Å². The highest BCUT2D eigenvalue weighted by Crippen LogP contribution is 2.16. The SMILES string of the molecule is CC(C)c1ncc(Cl)c(C(=O)NCc2cn[nH]c2)n1. The van der Waals surface area contributed by atoms with Crippen LogP contribution < -0.4 is 5.32 Å². The molecule has 6 nitrogen and oxygen atoms in total. The number of amides is 1. The Morgan fingerprint density at radius 2 is 2.26 bits per heavy atom. The summed E-state index contributed by atoms with van der Waals surface area (Å²) in [5.41, 5.74) is 1.08. The molecule has 19 heavy (non-hydrogen) atoms. The first-order chi connectivity index (χ1) is 9.08. The largest absolute Gasteiger partial charge is 0.346 e. The molecule has 1 amide bonds. The third-order valence-corrected chi connectivity index (χ3v) is 2.78. The lowest BCUT2D eigenvalue weighted by molar-refractivity contribution is 0.0945. The average Bonchev–Trinajstić information content (AvgIpc) is 2.89. The van der Waals surface area contributed by atoms with Crippen molar-refractivity contribution in [3.63, 3.8) is 0 Å². The van der Waals surface area contributed by atoms with Crippen molar-refractivity contribution < 1.29 is 4.79 Å². The van der Waals surface area contributed by atoms with Crippen LogP contribution in [0.4, 0.5) is 0 Å². The first-order valence-corrected chi connectivity index (χ1v) is 6.24. The monoisotopic (exact) mass is 279 g/mol. The molecule has 0 saturated carbocycles. The van der Waals surface area contributed by atoms with Gasteiger partial charge in [0.25, 0.3) is 5.91 Å². The van der Waals surface area contributed by atoms with Gasteiger partial charge in [0, 0.05) is 24.2 Å². The molecule has 0 aromatic carbocycles. The van der Waals surface area contributed by atoms with Crippen molar-refractivity contribution >= 4 is 17.5 Å². The summed E-state index contributed by atoms with van der Waals surface area (Å²) in [5.74, 6) is 0.408. The van der Waals surface area contributed by atoms with Gasteiger partial charge in [0.1, 0.15) is 11.5 Å². The number of halogens is 1. The van der Waals surface area contributed by atoms with E-state index in [1.165, 1.54) is 6.20 Å². The Kier molecular flexibility index (Phi) is 4.11. The van der Waals surface area contributed by atoms with Gasteiger partial charge in [-0.2, -0.15) is 5.10 Å². The molecule has 0 aliphatic carbocycles. The molecule has 100 valence electrons. The number of nitrogens with zero attached hydrogens (tertiary/aromatic N) is 3. The van der Waals surface area contributed by atoms with Crippen molar-refractivity contribution in [3.8, 4) is 0 Å². The van der Waals surface area contributed by atoms with Crippen LogP contribution in [0, 0.1) is 0 Å². The van der Waals surface area contributed by atoms with Gasteiger partial charge in [0.05, 0.1) is 17.4 Å². The molecule has 7 heteroatoms. The Bertz CT molecular complexity index is 568. The van der Waals surface area contributed by atoms with Gasteiger partial charge in [-0.3, -0.25) is 9.89 Å². The van der Waals surface area contributed by atoms with Crippen molar-refractivity contribution in [2.75, 3.05) is 0 Å². The van der Waals surface area contributed by atoms with Crippen LogP contribution in [0.25, 0.3) is 0 Å². The van der Waals surface area contributed by atoms with Gasteiger partial charge in [-0.25, -0.2) is 9.97 Å². The predicted molar refractivity (Wildman–Crippen MR) is 70.9 cm³/mol. The molecule has 0 saturated heterocycles. The van der Waals surface area contributed by atoms with E-state index in [1.54, 1.807) is 12.4 Å². The second-order valence-corrected chi connectivity index (χ2v) is 4.78. The molecule has 0 atom stereocenters. The van der Waals surface area contributed by atoms with Crippen molar-refractivity contribution in [1.82, 2.24) is 25.5 Å². The highest BCUT2D eigenvalue weighted by Gasteiger charge is 2.15. The molecule has 2 rings (SSSR count). The van der Waals surface area contributed by atoms with Gasteiger partial charge in [0.15, 0.2) is 0 Å². The Balaban J connectivity index is 2.11. The summed E-state index contributed by atoms with van der Waals surface area (Å²) in [7, 11) is 0. The van der Waals surface area contributed by atoms with Gasteiger partial charge < -0.3 is 5.32 Å². The number of aromatic nitrogens is 4. The maximum absolute atomic E-state index is 12.0. The summed E-state index contributed by atoms with van der Waals surface area (Å²) in [6, 6.07) is 0. The zero-order valence-corrected chi connectivity index (χ0v) is 11.4. The van der Waals surface area contributed by atoms with E-state index >= 15 is 0 Å². The average molecular weight is 280 g/mol. The minimum atomic E-state index is -0.324. The topological polar surface area (TPSA) is 83.6 Å². The summed E-state index contributed by atoms with van der Waals surface area (Å²) in [5, 5.41) is 9.45. The van der Waals surface area contributed by atoms with E-state index in [4.69, 9.17) is 11.6 Å². The zero-order valence-electron chi connectivity index (χ0n) is 10.6. The first kappa shape index (κ1) is 13.5. The summed E-state index contributed by atoms with van der Waals surface area (Å²) in [6.07, 6.45) is 4.81. The summed E-state index contributed by atoms with van der Waals surface area (Å²) in [6.45, 7) is 4.28. The van der Waals surface area contributed by atoms with Crippen LogP contribution in [0.2, 0.25) is 5.02 Å². The van der Waals surface area contributed by atoms with Gasteiger partial charge in [0.2, 0.25) is 0 Å². The highest BCUT2D eigenvalue weighted by atomic mass is 35.5. The Hall–Kier alpha value is -1.95. The van der Waals surface area contributed by atoms with Gasteiger partial charge in [-0.1, -0.05) is 25.4 Å². The van der Waals surface area contributed by atoms with E-state index in [9.17, 15) is 4.79 Å². The molecule has 0 aliphatic heterocycles. The normalized spacial score (nSPS) is 10.7. The first-order valence-electron chi connectivity index (χ1n) is 5.86. The van der Waals surface area contributed by atoms with Crippen LogP contribution in [0.5, 0.6) is 0 Å². The molecule has 2 aromatic heterocycles.